The van der Waals surface area contributed by atoms with Gasteiger partial charge in [-0.1, -0.05) is 71.8 Å². The normalized spacial score (nSPS) is 12.6. The number of rotatable bonds is 4. The van der Waals surface area contributed by atoms with Gasteiger partial charge in [-0.3, -0.25) is 0 Å². The van der Waals surface area contributed by atoms with Crippen LogP contribution >= 0.6 is 0 Å². The zero-order valence-corrected chi connectivity index (χ0v) is 16.9. The molecule has 0 saturated carbocycles. The van der Waals surface area contributed by atoms with Gasteiger partial charge in [-0.15, -0.1) is 0 Å². The van der Waals surface area contributed by atoms with Crippen molar-refractivity contribution in [2.75, 3.05) is 0 Å². The zero-order chi connectivity index (χ0) is 20.3. The molecule has 3 aromatic rings. The molecule has 0 fully saturated rings. The van der Waals surface area contributed by atoms with Crippen molar-refractivity contribution in [2.45, 2.75) is 20.3 Å². The summed E-state index contributed by atoms with van der Waals surface area (Å²) in [6.45, 7) is 4.15. The van der Waals surface area contributed by atoms with E-state index in [-0.39, 0.29) is 0 Å². The van der Waals surface area contributed by atoms with Gasteiger partial charge in [0.25, 0.3) is 0 Å². The van der Waals surface area contributed by atoms with Crippen LogP contribution in [0, 0.1) is 6.92 Å². The SMILES string of the molecule is CC1=CCC=C(Oc2ccccc2)C=C1.Cc1ccc(Oc2ccccc2)cc1. The molecule has 0 aromatic heterocycles. The lowest BCUT2D eigenvalue weighted by Crippen LogP contribution is -1.91. The van der Waals surface area contributed by atoms with Gasteiger partial charge in [-0.2, -0.15) is 0 Å². The smallest absolute Gasteiger partial charge is 0.127 e. The number of benzene rings is 3. The van der Waals surface area contributed by atoms with Crippen LogP contribution in [0.3, 0.4) is 0 Å². The van der Waals surface area contributed by atoms with Gasteiger partial charge in [-0.05, 0) is 68.8 Å². The van der Waals surface area contributed by atoms with E-state index >= 15 is 0 Å². The fourth-order valence-electron chi connectivity index (χ4n) is 2.64. The molecule has 0 N–H and O–H groups in total. The zero-order valence-electron chi connectivity index (χ0n) is 16.9. The summed E-state index contributed by atoms with van der Waals surface area (Å²) in [6, 6.07) is 27.7. The number of aryl methyl sites for hydroxylation is 1. The van der Waals surface area contributed by atoms with Gasteiger partial charge in [0.2, 0.25) is 0 Å². The average Bonchev–Trinajstić information content (AvgIpc) is 2.96. The van der Waals surface area contributed by atoms with Crippen LogP contribution in [0.25, 0.3) is 0 Å². The lowest BCUT2D eigenvalue weighted by atomic mass is 10.2. The van der Waals surface area contributed by atoms with E-state index in [1.165, 1.54) is 11.1 Å². The third-order valence-corrected chi connectivity index (χ3v) is 4.25. The monoisotopic (exact) mass is 382 g/mol. The molecule has 29 heavy (non-hydrogen) atoms. The van der Waals surface area contributed by atoms with Crippen molar-refractivity contribution in [3.05, 3.63) is 126 Å². The first-order valence-corrected chi connectivity index (χ1v) is 9.76. The van der Waals surface area contributed by atoms with Crippen LogP contribution in [0.4, 0.5) is 0 Å². The first-order chi connectivity index (χ1) is 14.2. The Labute approximate surface area is 173 Å². The van der Waals surface area contributed by atoms with Crippen LogP contribution in [0.2, 0.25) is 0 Å². The molecule has 4 rings (SSSR count). The summed E-state index contributed by atoms with van der Waals surface area (Å²) in [5.74, 6) is 3.54. The van der Waals surface area contributed by atoms with Crippen molar-refractivity contribution in [1.29, 1.82) is 0 Å². The van der Waals surface area contributed by atoms with E-state index in [0.717, 1.165) is 29.4 Å². The summed E-state index contributed by atoms with van der Waals surface area (Å²) < 4.78 is 11.4. The van der Waals surface area contributed by atoms with E-state index in [1.807, 2.05) is 91.0 Å². The van der Waals surface area contributed by atoms with E-state index in [0.29, 0.717) is 0 Å². The molecule has 146 valence electrons. The average molecular weight is 383 g/mol. The van der Waals surface area contributed by atoms with Crippen LogP contribution in [0.5, 0.6) is 17.2 Å². The molecule has 2 nitrogen and oxygen atoms in total. The fraction of sp³-hybridized carbons (Fsp3) is 0.111. The highest BCUT2D eigenvalue weighted by Gasteiger charge is 1.98. The molecule has 1 aliphatic carbocycles. The second-order valence-electron chi connectivity index (χ2n) is 6.77. The first kappa shape index (κ1) is 20.2. The minimum atomic E-state index is 0.872. The molecule has 0 bridgehead atoms. The second-order valence-corrected chi connectivity index (χ2v) is 6.77. The standard InChI is InChI=1S/C14H14O.C13H12O/c1-12-6-5-9-14(11-10-12)15-13-7-3-2-4-8-13;1-11-7-9-13(10-8-11)14-12-5-3-2-4-6-12/h2-4,6-11H,5H2,1H3;2-10H,1H3. The lowest BCUT2D eigenvalue weighted by Gasteiger charge is -2.04. The molecule has 0 amide bonds. The van der Waals surface area contributed by atoms with Crippen LogP contribution < -0.4 is 9.47 Å². The van der Waals surface area contributed by atoms with Gasteiger partial charge >= 0.3 is 0 Å². The number of allylic oxidation sites excluding steroid dienone is 5. The maximum Gasteiger partial charge on any atom is 0.127 e. The molecule has 0 radical (unpaired) electrons. The maximum atomic E-state index is 5.72. The molecular formula is C27H26O2. The van der Waals surface area contributed by atoms with Crippen molar-refractivity contribution in [1.82, 2.24) is 0 Å². The fourth-order valence-corrected chi connectivity index (χ4v) is 2.64. The van der Waals surface area contributed by atoms with Crippen molar-refractivity contribution in [3.63, 3.8) is 0 Å². The summed E-state index contributed by atoms with van der Waals surface area (Å²) in [5.41, 5.74) is 2.52. The van der Waals surface area contributed by atoms with Crippen LogP contribution in [0.1, 0.15) is 18.9 Å². The topological polar surface area (TPSA) is 18.5 Å². The summed E-state index contributed by atoms with van der Waals surface area (Å²) in [4.78, 5) is 0. The van der Waals surface area contributed by atoms with Crippen molar-refractivity contribution >= 4 is 0 Å². The van der Waals surface area contributed by atoms with Crippen molar-refractivity contribution in [3.8, 4) is 17.2 Å². The third-order valence-electron chi connectivity index (χ3n) is 4.25. The minimum Gasteiger partial charge on any atom is -0.458 e. The highest BCUT2D eigenvalue weighted by atomic mass is 16.5. The Morgan fingerprint density at radius 2 is 1.10 bits per heavy atom. The maximum absolute atomic E-state index is 5.72. The third kappa shape index (κ3) is 7.19. The Hall–Kier alpha value is -3.52. The van der Waals surface area contributed by atoms with Crippen LogP contribution in [-0.2, 0) is 0 Å². The predicted octanol–water partition coefficient (Wildman–Crippen LogP) is 7.64. The largest absolute Gasteiger partial charge is 0.458 e. The number of ether oxygens (including phenoxy) is 2. The summed E-state index contributed by atoms with van der Waals surface area (Å²) in [6.07, 6.45) is 9.27. The molecule has 0 unspecified atom stereocenters. The Morgan fingerprint density at radius 3 is 1.72 bits per heavy atom. The van der Waals surface area contributed by atoms with Gasteiger partial charge in [0.15, 0.2) is 0 Å². The molecule has 0 saturated heterocycles. The summed E-state index contributed by atoms with van der Waals surface area (Å²) >= 11 is 0. The number of hydrogen-bond acceptors (Lipinski definition) is 2. The van der Waals surface area contributed by atoms with Crippen LogP contribution in [0.15, 0.2) is 121 Å². The Bertz CT molecular complexity index is 966. The number of para-hydroxylation sites is 2. The highest BCUT2D eigenvalue weighted by Crippen LogP contribution is 2.20. The molecule has 0 aliphatic heterocycles. The van der Waals surface area contributed by atoms with E-state index in [4.69, 9.17) is 9.47 Å². The Kier molecular flexibility index (Phi) is 7.48. The highest BCUT2D eigenvalue weighted by molar-refractivity contribution is 5.33. The summed E-state index contributed by atoms with van der Waals surface area (Å²) in [5, 5.41) is 0. The molecule has 0 heterocycles. The van der Waals surface area contributed by atoms with Gasteiger partial charge in [0, 0.05) is 0 Å². The minimum absolute atomic E-state index is 0.872. The van der Waals surface area contributed by atoms with E-state index in [9.17, 15) is 0 Å². The molecule has 2 heteroatoms. The van der Waals surface area contributed by atoms with Crippen LogP contribution in [-0.4, -0.2) is 0 Å². The molecule has 0 atom stereocenters. The summed E-state index contributed by atoms with van der Waals surface area (Å²) in [7, 11) is 0. The molecular weight excluding hydrogens is 356 g/mol. The number of hydrogen-bond donors (Lipinski definition) is 0. The van der Waals surface area contributed by atoms with E-state index in [1.54, 1.807) is 0 Å². The molecule has 1 aliphatic rings. The van der Waals surface area contributed by atoms with Gasteiger partial charge in [0.05, 0.1) is 0 Å². The first-order valence-electron chi connectivity index (χ1n) is 9.76. The van der Waals surface area contributed by atoms with Crippen molar-refractivity contribution < 1.29 is 9.47 Å². The van der Waals surface area contributed by atoms with E-state index in [2.05, 4.69) is 32.1 Å². The van der Waals surface area contributed by atoms with Gasteiger partial charge < -0.3 is 9.47 Å². The second kappa shape index (κ2) is 10.7. The quantitative estimate of drug-likeness (QED) is 0.461. The Morgan fingerprint density at radius 1 is 0.552 bits per heavy atom. The predicted molar refractivity (Wildman–Crippen MR) is 120 cm³/mol. The van der Waals surface area contributed by atoms with Gasteiger partial charge in [0.1, 0.15) is 23.0 Å². The molecule has 3 aromatic carbocycles. The lowest BCUT2D eigenvalue weighted by molar-refractivity contribution is 0.443. The van der Waals surface area contributed by atoms with E-state index < -0.39 is 0 Å². The Balaban J connectivity index is 0.000000166. The molecule has 0 spiro atoms. The van der Waals surface area contributed by atoms with Crippen molar-refractivity contribution in [2.24, 2.45) is 0 Å². The van der Waals surface area contributed by atoms with Gasteiger partial charge in [-0.25, -0.2) is 0 Å².